The van der Waals surface area contributed by atoms with Crippen LogP contribution in [0.25, 0.3) is 10.9 Å². The smallest absolute Gasteiger partial charge is 0.303 e. The van der Waals surface area contributed by atoms with E-state index in [1.54, 1.807) is 18.3 Å². The van der Waals surface area contributed by atoms with Crippen molar-refractivity contribution in [3.05, 3.63) is 107 Å². The first-order valence-corrected chi connectivity index (χ1v) is 10.9. The topological polar surface area (TPSA) is 82.2 Å². The first kappa shape index (κ1) is 22.4. The number of aromatic nitrogens is 1. The molecule has 0 amide bonds. The lowest BCUT2D eigenvalue weighted by Crippen LogP contribution is -2.30. The van der Waals surface area contributed by atoms with Gasteiger partial charge in [0.2, 0.25) is 0 Å². The van der Waals surface area contributed by atoms with Crippen molar-refractivity contribution in [1.29, 1.82) is 0 Å². The monoisotopic (exact) mass is 444 g/mol. The molecule has 4 aromatic rings. The number of hydrogen-bond acceptors (Lipinski definition) is 3. The Morgan fingerprint density at radius 2 is 1.67 bits per heavy atom. The van der Waals surface area contributed by atoms with Crippen LogP contribution < -0.4 is 5.32 Å². The Kier molecular flexibility index (Phi) is 6.95. The second-order valence-corrected chi connectivity index (χ2v) is 8.01. The number of Topliss-reactive ketones (excluding diaryl/α,β-unsaturated/α-hetero) is 1. The first-order valence-electron chi connectivity index (χ1n) is 10.9. The van der Waals surface area contributed by atoms with Crippen molar-refractivity contribution in [2.24, 2.45) is 0 Å². The third-order valence-corrected chi connectivity index (χ3v) is 5.71. The number of H-pyrrole nitrogens is 1. The Morgan fingerprint density at radius 3 is 2.39 bits per heavy atom. The van der Waals surface area contributed by atoms with Crippen LogP contribution in [-0.4, -0.2) is 28.4 Å². The van der Waals surface area contributed by atoms with Crippen LogP contribution in [0.15, 0.2) is 79.0 Å². The summed E-state index contributed by atoms with van der Waals surface area (Å²) in [5, 5.41) is 13.1. The summed E-state index contributed by atoms with van der Waals surface area (Å²) in [4.78, 5) is 27.6. The number of nitrogens with one attached hydrogen (secondary N) is 2. The van der Waals surface area contributed by atoms with Gasteiger partial charge in [-0.25, -0.2) is 4.39 Å². The normalized spacial score (nSPS) is 12.0. The van der Waals surface area contributed by atoms with Gasteiger partial charge in [0.05, 0.1) is 6.04 Å². The average molecular weight is 445 g/mol. The van der Waals surface area contributed by atoms with E-state index in [0.29, 0.717) is 24.9 Å². The number of benzene rings is 3. The van der Waals surface area contributed by atoms with Crippen molar-refractivity contribution in [1.82, 2.24) is 10.3 Å². The predicted octanol–water partition coefficient (Wildman–Crippen LogP) is 5.08. The maximum Gasteiger partial charge on any atom is 0.303 e. The van der Waals surface area contributed by atoms with Gasteiger partial charge >= 0.3 is 5.97 Å². The Morgan fingerprint density at radius 1 is 0.939 bits per heavy atom. The molecule has 3 N–H and O–H groups in total. The number of rotatable bonds is 10. The van der Waals surface area contributed by atoms with E-state index in [1.165, 1.54) is 12.1 Å². The van der Waals surface area contributed by atoms with E-state index < -0.39 is 12.0 Å². The van der Waals surface area contributed by atoms with Gasteiger partial charge in [-0.05, 0) is 47.7 Å². The Hall–Kier alpha value is -3.77. The molecule has 4 rings (SSSR count). The van der Waals surface area contributed by atoms with Crippen LogP contribution in [0.1, 0.15) is 39.5 Å². The van der Waals surface area contributed by atoms with Crippen LogP contribution >= 0.6 is 0 Å². The summed E-state index contributed by atoms with van der Waals surface area (Å²) in [6, 6.07) is 21.0. The average Bonchev–Trinajstić information content (AvgIpc) is 3.25. The number of aryl methyl sites for hydroxylation is 1. The highest BCUT2D eigenvalue weighted by Gasteiger charge is 2.24. The highest BCUT2D eigenvalue weighted by Crippen LogP contribution is 2.26. The second kappa shape index (κ2) is 10.2. The molecule has 168 valence electrons. The molecule has 1 heterocycles. The number of halogens is 1. The molecule has 0 aliphatic carbocycles. The highest BCUT2D eigenvalue weighted by molar-refractivity contribution is 6.10. The Labute approximate surface area is 191 Å². The van der Waals surface area contributed by atoms with Gasteiger partial charge in [-0.15, -0.1) is 0 Å². The highest BCUT2D eigenvalue weighted by atomic mass is 19.1. The van der Waals surface area contributed by atoms with Crippen LogP contribution in [0.3, 0.4) is 0 Å². The Balaban J connectivity index is 1.55. The quantitative estimate of drug-likeness (QED) is 0.298. The standard InChI is InChI=1S/C27H25FN2O3/c28-21-10-6-18(7-11-21)14-15-29-26(20-4-2-1-3-5-20)27(33)23-17-30-24-16-19(8-12-22(23)24)9-13-25(31)32/h1-8,10-12,16-17,26,29-30H,9,13-15H2,(H,31,32). The van der Waals surface area contributed by atoms with Gasteiger partial charge in [-0.3, -0.25) is 9.59 Å². The lowest BCUT2D eigenvalue weighted by atomic mass is 9.96. The lowest BCUT2D eigenvalue weighted by Gasteiger charge is -2.18. The van der Waals surface area contributed by atoms with E-state index in [9.17, 15) is 14.0 Å². The SMILES string of the molecule is O=C(O)CCc1ccc2c(C(=O)C(NCCc3ccc(F)cc3)c3ccccc3)c[nH]c2c1. The molecule has 0 spiro atoms. The number of aromatic amines is 1. The second-order valence-electron chi connectivity index (χ2n) is 8.01. The molecule has 6 heteroatoms. The van der Waals surface area contributed by atoms with Gasteiger partial charge in [0.25, 0.3) is 0 Å². The summed E-state index contributed by atoms with van der Waals surface area (Å²) in [5.74, 6) is -1.16. The van der Waals surface area contributed by atoms with Gasteiger partial charge in [0.15, 0.2) is 5.78 Å². The fourth-order valence-electron chi connectivity index (χ4n) is 3.96. The van der Waals surface area contributed by atoms with Crippen molar-refractivity contribution in [3.63, 3.8) is 0 Å². The minimum atomic E-state index is -0.838. The zero-order valence-corrected chi connectivity index (χ0v) is 18.1. The van der Waals surface area contributed by atoms with E-state index >= 15 is 0 Å². The third-order valence-electron chi connectivity index (χ3n) is 5.71. The molecule has 0 radical (unpaired) electrons. The fourth-order valence-corrected chi connectivity index (χ4v) is 3.96. The zero-order valence-electron chi connectivity index (χ0n) is 18.1. The van der Waals surface area contributed by atoms with Crippen molar-refractivity contribution >= 4 is 22.7 Å². The molecule has 0 saturated carbocycles. The molecule has 3 aromatic carbocycles. The van der Waals surface area contributed by atoms with Crippen LogP contribution in [0.5, 0.6) is 0 Å². The molecule has 1 unspecified atom stereocenters. The van der Waals surface area contributed by atoms with E-state index in [1.807, 2.05) is 48.5 Å². The number of carboxylic acid groups (broad SMARTS) is 1. The van der Waals surface area contributed by atoms with Crippen molar-refractivity contribution in [3.8, 4) is 0 Å². The predicted molar refractivity (Wildman–Crippen MR) is 126 cm³/mol. The molecule has 1 aromatic heterocycles. The largest absolute Gasteiger partial charge is 0.481 e. The number of hydrogen-bond donors (Lipinski definition) is 3. The Bertz CT molecular complexity index is 1250. The summed E-state index contributed by atoms with van der Waals surface area (Å²) in [6.45, 7) is 0.554. The summed E-state index contributed by atoms with van der Waals surface area (Å²) in [6.07, 6.45) is 2.88. The summed E-state index contributed by atoms with van der Waals surface area (Å²) in [7, 11) is 0. The molecular weight excluding hydrogens is 419 g/mol. The van der Waals surface area contributed by atoms with Gasteiger partial charge in [0, 0.05) is 35.6 Å². The molecule has 0 aliphatic heterocycles. The molecule has 0 bridgehead atoms. The van der Waals surface area contributed by atoms with Crippen molar-refractivity contribution in [2.75, 3.05) is 6.54 Å². The van der Waals surface area contributed by atoms with Crippen molar-refractivity contribution < 1.29 is 19.1 Å². The van der Waals surface area contributed by atoms with E-state index in [4.69, 9.17) is 5.11 Å². The number of carboxylic acids is 1. The summed E-state index contributed by atoms with van der Waals surface area (Å²) < 4.78 is 13.2. The fraction of sp³-hybridized carbons (Fsp3) is 0.185. The van der Waals surface area contributed by atoms with Crippen LogP contribution in [0, 0.1) is 5.82 Å². The van der Waals surface area contributed by atoms with Crippen LogP contribution in [0.2, 0.25) is 0 Å². The maximum atomic E-state index is 13.6. The minimum absolute atomic E-state index is 0.0511. The van der Waals surface area contributed by atoms with Gasteiger partial charge < -0.3 is 15.4 Å². The lowest BCUT2D eigenvalue weighted by molar-refractivity contribution is -0.136. The summed E-state index contributed by atoms with van der Waals surface area (Å²) in [5.41, 5.74) is 4.15. The number of fused-ring (bicyclic) bond motifs is 1. The maximum absolute atomic E-state index is 13.6. The van der Waals surface area contributed by atoms with Gasteiger partial charge in [0.1, 0.15) is 5.82 Å². The van der Waals surface area contributed by atoms with Gasteiger partial charge in [-0.1, -0.05) is 54.6 Å². The number of carbonyl (C=O) groups excluding carboxylic acids is 1. The molecule has 0 aliphatic rings. The number of aliphatic carboxylic acids is 1. The molecular formula is C27H25FN2O3. The van der Waals surface area contributed by atoms with Crippen LogP contribution in [-0.2, 0) is 17.6 Å². The van der Waals surface area contributed by atoms with E-state index in [2.05, 4.69) is 10.3 Å². The van der Waals surface area contributed by atoms with Crippen molar-refractivity contribution in [2.45, 2.75) is 25.3 Å². The van der Waals surface area contributed by atoms with Crippen LogP contribution in [0.4, 0.5) is 4.39 Å². The van der Waals surface area contributed by atoms with Gasteiger partial charge in [-0.2, -0.15) is 0 Å². The molecule has 33 heavy (non-hydrogen) atoms. The molecule has 5 nitrogen and oxygen atoms in total. The van der Waals surface area contributed by atoms with E-state index in [-0.39, 0.29) is 18.0 Å². The molecule has 0 fully saturated rings. The number of ketones is 1. The summed E-state index contributed by atoms with van der Waals surface area (Å²) >= 11 is 0. The third kappa shape index (κ3) is 5.54. The molecule has 0 saturated heterocycles. The minimum Gasteiger partial charge on any atom is -0.481 e. The number of carbonyl (C=O) groups is 2. The zero-order chi connectivity index (χ0) is 23.2. The van der Waals surface area contributed by atoms with E-state index in [0.717, 1.165) is 27.6 Å². The first-order chi connectivity index (χ1) is 16.0. The molecule has 1 atom stereocenters.